The van der Waals surface area contributed by atoms with Crippen LogP contribution < -0.4 is 0 Å². The van der Waals surface area contributed by atoms with Crippen molar-refractivity contribution in [3.63, 3.8) is 0 Å². The first kappa shape index (κ1) is 15.0. The summed E-state index contributed by atoms with van der Waals surface area (Å²) in [4.78, 5) is 24.6. The molecule has 2 aliphatic rings. The number of hydrogen-bond donors (Lipinski definition) is 1. The van der Waals surface area contributed by atoms with Gasteiger partial charge in [-0.25, -0.2) is 0 Å². The molecule has 0 saturated heterocycles. The fraction of sp³-hybridized carbons (Fsp3) is 0.474. The number of benzene rings is 1. The maximum atomic E-state index is 12.4. The van der Waals surface area contributed by atoms with Crippen LogP contribution in [0.3, 0.4) is 0 Å². The maximum absolute atomic E-state index is 12.4. The van der Waals surface area contributed by atoms with Gasteiger partial charge in [0.2, 0.25) is 11.6 Å². The molecule has 1 fully saturated rings. The number of aliphatic hydroxyl groups excluding tert-OH is 1. The minimum atomic E-state index is -0.516. The molecule has 1 aromatic carbocycles. The summed E-state index contributed by atoms with van der Waals surface area (Å²) >= 11 is 0. The lowest BCUT2D eigenvalue weighted by Crippen LogP contribution is -2.25. The van der Waals surface area contributed by atoms with Crippen molar-refractivity contribution >= 4 is 17.3 Å². The van der Waals surface area contributed by atoms with Gasteiger partial charge in [-0.3, -0.25) is 9.59 Å². The Bertz CT molecular complexity index is 619. The third-order valence-electron chi connectivity index (χ3n) is 4.91. The number of carbonyl (C=O) groups is 2. The summed E-state index contributed by atoms with van der Waals surface area (Å²) in [5.41, 5.74) is 1.16. The van der Waals surface area contributed by atoms with Crippen molar-refractivity contribution in [2.45, 2.75) is 51.4 Å². The van der Waals surface area contributed by atoms with Crippen molar-refractivity contribution in [3.8, 4) is 0 Å². The first-order valence-electron chi connectivity index (χ1n) is 8.29. The number of fused-ring (bicyclic) bond motifs is 1. The number of Topliss-reactive ketones (excluding diaryl/α,β-unsaturated/α-hetero) is 2. The van der Waals surface area contributed by atoms with Gasteiger partial charge in [0.15, 0.2) is 0 Å². The summed E-state index contributed by atoms with van der Waals surface area (Å²) in [6.45, 7) is 0. The Kier molecular flexibility index (Phi) is 4.41. The van der Waals surface area contributed by atoms with Crippen LogP contribution in [0, 0.1) is 5.92 Å². The molecule has 1 aromatic rings. The number of aliphatic hydroxyl groups is 1. The summed E-state index contributed by atoms with van der Waals surface area (Å²) in [6, 6.07) is 6.83. The molecule has 22 heavy (non-hydrogen) atoms. The molecule has 3 heteroatoms. The molecule has 1 N–H and O–H groups in total. The van der Waals surface area contributed by atoms with E-state index < -0.39 is 11.6 Å². The Labute approximate surface area is 131 Å². The highest BCUT2D eigenvalue weighted by molar-refractivity contribution is 6.52. The molecule has 2 aliphatic carbocycles. The highest BCUT2D eigenvalue weighted by Crippen LogP contribution is 2.34. The Morgan fingerprint density at radius 1 is 0.864 bits per heavy atom. The van der Waals surface area contributed by atoms with Crippen LogP contribution in [0.2, 0.25) is 0 Å². The Balaban J connectivity index is 1.88. The second kappa shape index (κ2) is 6.47. The molecule has 1 saturated carbocycles. The van der Waals surface area contributed by atoms with Crippen LogP contribution in [-0.4, -0.2) is 16.7 Å². The van der Waals surface area contributed by atoms with Gasteiger partial charge in [0, 0.05) is 16.7 Å². The molecule has 0 unspecified atom stereocenters. The fourth-order valence-electron chi connectivity index (χ4n) is 3.64. The fourth-order valence-corrected chi connectivity index (χ4v) is 3.64. The van der Waals surface area contributed by atoms with Gasteiger partial charge in [-0.1, -0.05) is 69.2 Å². The van der Waals surface area contributed by atoms with Crippen LogP contribution in [-0.2, 0) is 4.79 Å². The predicted molar refractivity (Wildman–Crippen MR) is 85.8 cm³/mol. The van der Waals surface area contributed by atoms with Crippen molar-refractivity contribution in [1.82, 2.24) is 0 Å². The minimum absolute atomic E-state index is 0.0160. The minimum Gasteiger partial charge on any atom is -0.507 e. The van der Waals surface area contributed by atoms with Gasteiger partial charge in [-0.15, -0.1) is 0 Å². The van der Waals surface area contributed by atoms with Crippen LogP contribution in [0.15, 0.2) is 29.8 Å². The smallest absolute Gasteiger partial charge is 0.234 e. The molecule has 0 bridgehead atoms. The van der Waals surface area contributed by atoms with Gasteiger partial charge < -0.3 is 5.11 Å². The SMILES string of the molecule is O=C1C(=O)c2ccccc2C(O)=C1CC1CCCCCCC1. The molecule has 0 aliphatic heterocycles. The summed E-state index contributed by atoms with van der Waals surface area (Å²) < 4.78 is 0. The largest absolute Gasteiger partial charge is 0.507 e. The average Bonchev–Trinajstić information content (AvgIpc) is 2.51. The third-order valence-corrected chi connectivity index (χ3v) is 4.91. The first-order valence-corrected chi connectivity index (χ1v) is 8.29. The van der Waals surface area contributed by atoms with E-state index >= 15 is 0 Å². The Morgan fingerprint density at radius 2 is 1.45 bits per heavy atom. The predicted octanol–water partition coefficient (Wildman–Crippen LogP) is 4.47. The van der Waals surface area contributed by atoms with E-state index in [1.54, 1.807) is 24.3 Å². The highest BCUT2D eigenvalue weighted by Gasteiger charge is 2.33. The number of allylic oxidation sites excluding steroid dienone is 1. The van der Waals surface area contributed by atoms with Crippen molar-refractivity contribution in [2.24, 2.45) is 5.92 Å². The zero-order valence-electron chi connectivity index (χ0n) is 12.8. The molecule has 0 radical (unpaired) electrons. The number of ketones is 2. The Hall–Kier alpha value is -1.90. The van der Waals surface area contributed by atoms with Crippen molar-refractivity contribution < 1.29 is 14.7 Å². The average molecular weight is 298 g/mol. The second-order valence-electron chi connectivity index (χ2n) is 6.45. The van der Waals surface area contributed by atoms with Crippen LogP contribution in [0.25, 0.3) is 5.76 Å². The Morgan fingerprint density at radius 3 is 2.14 bits per heavy atom. The molecule has 0 atom stereocenters. The van der Waals surface area contributed by atoms with Crippen LogP contribution >= 0.6 is 0 Å². The van der Waals surface area contributed by atoms with Crippen LogP contribution in [0.1, 0.15) is 67.3 Å². The molecule has 0 aromatic heterocycles. The lowest BCUT2D eigenvalue weighted by atomic mass is 9.80. The zero-order valence-corrected chi connectivity index (χ0v) is 12.8. The van der Waals surface area contributed by atoms with Crippen molar-refractivity contribution in [1.29, 1.82) is 0 Å². The van der Waals surface area contributed by atoms with E-state index in [0.717, 1.165) is 12.8 Å². The lowest BCUT2D eigenvalue weighted by molar-refractivity contribution is -0.112. The zero-order chi connectivity index (χ0) is 15.5. The van der Waals surface area contributed by atoms with E-state index in [-0.39, 0.29) is 5.76 Å². The van der Waals surface area contributed by atoms with Crippen LogP contribution in [0.5, 0.6) is 0 Å². The van der Waals surface area contributed by atoms with Gasteiger partial charge in [0.25, 0.3) is 0 Å². The molecular formula is C19H22O3. The molecule has 0 heterocycles. The van der Waals surface area contributed by atoms with E-state index in [4.69, 9.17) is 0 Å². The number of rotatable bonds is 2. The van der Waals surface area contributed by atoms with E-state index in [0.29, 0.717) is 29.0 Å². The normalized spacial score (nSPS) is 20.5. The molecular weight excluding hydrogens is 276 g/mol. The van der Waals surface area contributed by atoms with Gasteiger partial charge in [-0.2, -0.15) is 0 Å². The summed E-state index contributed by atoms with van der Waals surface area (Å²) in [6.07, 6.45) is 8.85. The van der Waals surface area contributed by atoms with Crippen molar-refractivity contribution in [3.05, 3.63) is 41.0 Å². The molecule has 3 rings (SSSR count). The standard InChI is InChI=1S/C19H22O3/c20-17-14-10-6-7-11-15(14)18(21)19(22)16(17)12-13-8-4-2-1-3-5-9-13/h6-7,10-11,13,20H,1-5,8-9,12H2. The lowest BCUT2D eigenvalue weighted by Gasteiger charge is -2.23. The number of hydrogen-bond acceptors (Lipinski definition) is 3. The van der Waals surface area contributed by atoms with E-state index in [1.165, 1.54) is 32.1 Å². The quantitative estimate of drug-likeness (QED) is 0.819. The summed E-state index contributed by atoms with van der Waals surface area (Å²) in [5, 5.41) is 10.5. The summed E-state index contributed by atoms with van der Waals surface area (Å²) in [5.74, 6) is -0.575. The van der Waals surface area contributed by atoms with Crippen molar-refractivity contribution in [2.75, 3.05) is 0 Å². The van der Waals surface area contributed by atoms with Gasteiger partial charge in [0.05, 0.1) is 0 Å². The number of carbonyl (C=O) groups excluding carboxylic acids is 2. The van der Waals surface area contributed by atoms with Gasteiger partial charge >= 0.3 is 0 Å². The first-order chi connectivity index (χ1) is 10.7. The van der Waals surface area contributed by atoms with Crippen LogP contribution in [0.4, 0.5) is 0 Å². The molecule has 0 amide bonds. The van der Waals surface area contributed by atoms with E-state index in [9.17, 15) is 14.7 Å². The second-order valence-corrected chi connectivity index (χ2v) is 6.45. The molecule has 3 nitrogen and oxygen atoms in total. The van der Waals surface area contributed by atoms with E-state index in [1.807, 2.05) is 0 Å². The third kappa shape index (κ3) is 2.85. The molecule has 116 valence electrons. The maximum Gasteiger partial charge on any atom is 0.234 e. The monoisotopic (exact) mass is 298 g/mol. The van der Waals surface area contributed by atoms with Gasteiger partial charge in [-0.05, 0) is 12.3 Å². The highest BCUT2D eigenvalue weighted by atomic mass is 16.3. The molecule has 0 spiro atoms. The van der Waals surface area contributed by atoms with E-state index in [2.05, 4.69) is 0 Å². The van der Waals surface area contributed by atoms with Gasteiger partial charge in [0.1, 0.15) is 5.76 Å². The topological polar surface area (TPSA) is 54.4 Å². The summed E-state index contributed by atoms with van der Waals surface area (Å²) in [7, 11) is 0.